The molecule has 0 saturated carbocycles. The lowest BCUT2D eigenvalue weighted by Crippen LogP contribution is -1.95. The molecule has 0 amide bonds. The summed E-state index contributed by atoms with van der Waals surface area (Å²) in [4.78, 5) is 0. The van der Waals surface area contributed by atoms with Gasteiger partial charge in [-0.25, -0.2) is 0 Å². The molecule has 1 aromatic carbocycles. The Morgan fingerprint density at radius 1 is 1.36 bits per heavy atom. The summed E-state index contributed by atoms with van der Waals surface area (Å²) in [5.74, 6) is 0.986. The van der Waals surface area contributed by atoms with Gasteiger partial charge in [0.05, 0.1) is 14.2 Å². The highest BCUT2D eigenvalue weighted by molar-refractivity contribution is 6.33. The van der Waals surface area contributed by atoms with Crippen LogP contribution < -0.4 is 9.47 Å². The number of halogens is 1. The van der Waals surface area contributed by atoms with Crippen molar-refractivity contribution in [3.63, 3.8) is 0 Å². The molecule has 0 N–H and O–H groups in total. The number of methoxy groups -OCH3 is 2. The van der Waals surface area contributed by atoms with Crippen LogP contribution in [0, 0.1) is 18.3 Å². The standard InChI is InChI=1S/C10H10ClNO2/c1-6-4-8(13-2)7(5-12)9(11)10(6)14-3/h4H,1-3H3. The molecule has 14 heavy (non-hydrogen) atoms. The third-order valence-corrected chi connectivity index (χ3v) is 2.27. The molecule has 0 aliphatic rings. The highest BCUT2D eigenvalue weighted by atomic mass is 35.5. The van der Waals surface area contributed by atoms with Gasteiger partial charge in [-0.3, -0.25) is 0 Å². The minimum atomic E-state index is 0.298. The van der Waals surface area contributed by atoms with Gasteiger partial charge < -0.3 is 9.47 Å². The normalized spacial score (nSPS) is 9.36. The maximum absolute atomic E-state index is 8.87. The predicted molar refractivity (Wildman–Crippen MR) is 54.0 cm³/mol. The third kappa shape index (κ3) is 1.61. The first-order valence-electron chi connectivity index (χ1n) is 3.96. The topological polar surface area (TPSA) is 42.2 Å². The molecule has 0 heterocycles. The molecule has 3 nitrogen and oxygen atoms in total. The van der Waals surface area contributed by atoms with E-state index in [2.05, 4.69) is 0 Å². The zero-order valence-electron chi connectivity index (χ0n) is 8.22. The van der Waals surface area contributed by atoms with Gasteiger partial charge in [0.15, 0.2) is 0 Å². The molecule has 0 bridgehead atoms. The Bertz CT molecular complexity index is 396. The second-order valence-electron chi connectivity index (χ2n) is 2.73. The zero-order valence-corrected chi connectivity index (χ0v) is 8.97. The average molecular weight is 212 g/mol. The number of hydrogen-bond donors (Lipinski definition) is 0. The van der Waals surface area contributed by atoms with Crippen molar-refractivity contribution in [2.45, 2.75) is 6.92 Å². The predicted octanol–water partition coefficient (Wildman–Crippen LogP) is 2.54. The van der Waals surface area contributed by atoms with Crippen LogP contribution in [0.2, 0.25) is 5.02 Å². The zero-order chi connectivity index (χ0) is 10.7. The van der Waals surface area contributed by atoms with E-state index in [1.807, 2.05) is 13.0 Å². The SMILES string of the molecule is COc1cc(C)c(OC)c(Cl)c1C#N. The Hall–Kier alpha value is -1.40. The minimum absolute atomic E-state index is 0.298. The molecule has 74 valence electrons. The molecule has 0 radical (unpaired) electrons. The van der Waals surface area contributed by atoms with Crippen molar-refractivity contribution in [3.05, 3.63) is 22.2 Å². The first-order valence-corrected chi connectivity index (χ1v) is 4.34. The molecule has 1 aromatic rings. The molecule has 0 aliphatic heterocycles. The Balaban J connectivity index is 3.49. The summed E-state index contributed by atoms with van der Waals surface area (Å²) in [5.41, 5.74) is 1.14. The van der Waals surface area contributed by atoms with Crippen LogP contribution in [0.1, 0.15) is 11.1 Å². The molecule has 1 rings (SSSR count). The molecular formula is C10H10ClNO2. The average Bonchev–Trinajstić information content (AvgIpc) is 2.17. The molecule has 0 aromatic heterocycles. The summed E-state index contributed by atoms with van der Waals surface area (Å²) >= 11 is 5.97. The molecule has 0 atom stereocenters. The minimum Gasteiger partial charge on any atom is -0.495 e. The first kappa shape index (κ1) is 10.7. The summed E-state index contributed by atoms with van der Waals surface area (Å²) in [6.45, 7) is 1.84. The third-order valence-electron chi connectivity index (χ3n) is 1.91. The van der Waals surface area contributed by atoms with Gasteiger partial charge in [0.1, 0.15) is 28.2 Å². The molecule has 4 heteroatoms. The van der Waals surface area contributed by atoms with Gasteiger partial charge in [0, 0.05) is 0 Å². The quantitative estimate of drug-likeness (QED) is 0.755. The lowest BCUT2D eigenvalue weighted by atomic mass is 10.1. The van der Waals surface area contributed by atoms with Gasteiger partial charge >= 0.3 is 0 Å². The summed E-state index contributed by atoms with van der Waals surface area (Å²) in [5, 5.41) is 9.17. The fourth-order valence-electron chi connectivity index (χ4n) is 1.24. The van der Waals surface area contributed by atoms with Crippen LogP contribution in [-0.2, 0) is 0 Å². The van der Waals surface area contributed by atoms with Crippen LogP contribution in [0.5, 0.6) is 11.5 Å². The maximum Gasteiger partial charge on any atom is 0.141 e. The summed E-state index contributed by atoms with van der Waals surface area (Å²) < 4.78 is 10.1. The molecule has 0 unspecified atom stereocenters. The molecular weight excluding hydrogens is 202 g/mol. The van der Waals surface area contributed by atoms with Crippen LogP contribution in [0.25, 0.3) is 0 Å². The van der Waals surface area contributed by atoms with Gasteiger partial charge in [-0.15, -0.1) is 0 Å². The Morgan fingerprint density at radius 3 is 2.43 bits per heavy atom. The van der Waals surface area contributed by atoms with Crippen LogP contribution in [0.4, 0.5) is 0 Å². The maximum atomic E-state index is 8.87. The van der Waals surface area contributed by atoms with E-state index in [-0.39, 0.29) is 0 Å². The van der Waals surface area contributed by atoms with E-state index >= 15 is 0 Å². The van der Waals surface area contributed by atoms with Crippen LogP contribution in [-0.4, -0.2) is 14.2 Å². The van der Waals surface area contributed by atoms with Crippen molar-refractivity contribution in [2.24, 2.45) is 0 Å². The van der Waals surface area contributed by atoms with Gasteiger partial charge in [-0.1, -0.05) is 11.6 Å². The van der Waals surface area contributed by atoms with E-state index < -0.39 is 0 Å². The highest BCUT2D eigenvalue weighted by Crippen LogP contribution is 2.37. The van der Waals surface area contributed by atoms with Crippen molar-refractivity contribution in [1.29, 1.82) is 5.26 Å². The van der Waals surface area contributed by atoms with E-state index in [0.29, 0.717) is 22.1 Å². The van der Waals surface area contributed by atoms with Crippen molar-refractivity contribution >= 4 is 11.6 Å². The summed E-state index contributed by atoms with van der Waals surface area (Å²) in [7, 11) is 3.01. The Morgan fingerprint density at radius 2 is 2.00 bits per heavy atom. The molecule has 0 spiro atoms. The van der Waals surface area contributed by atoms with E-state index in [4.69, 9.17) is 26.3 Å². The van der Waals surface area contributed by atoms with Crippen LogP contribution >= 0.6 is 11.6 Å². The van der Waals surface area contributed by atoms with E-state index in [0.717, 1.165) is 5.56 Å². The summed E-state index contributed by atoms with van der Waals surface area (Å²) in [6, 6.07) is 3.71. The second kappa shape index (κ2) is 4.21. The van der Waals surface area contributed by atoms with Crippen molar-refractivity contribution in [1.82, 2.24) is 0 Å². The van der Waals surface area contributed by atoms with Crippen LogP contribution in [0.3, 0.4) is 0 Å². The number of ether oxygens (including phenoxy) is 2. The number of rotatable bonds is 2. The largest absolute Gasteiger partial charge is 0.495 e. The van der Waals surface area contributed by atoms with E-state index in [1.165, 1.54) is 14.2 Å². The lowest BCUT2D eigenvalue weighted by molar-refractivity contribution is 0.399. The van der Waals surface area contributed by atoms with Gasteiger partial charge in [0.2, 0.25) is 0 Å². The van der Waals surface area contributed by atoms with Crippen LogP contribution in [0.15, 0.2) is 6.07 Å². The number of aryl methyl sites for hydroxylation is 1. The smallest absolute Gasteiger partial charge is 0.141 e. The molecule has 0 aliphatic carbocycles. The van der Waals surface area contributed by atoms with Gasteiger partial charge in [-0.2, -0.15) is 5.26 Å². The Kier molecular flexibility index (Phi) is 3.21. The fraction of sp³-hybridized carbons (Fsp3) is 0.300. The Labute approximate surface area is 87.8 Å². The van der Waals surface area contributed by atoms with Crippen molar-refractivity contribution in [2.75, 3.05) is 14.2 Å². The fourth-order valence-corrected chi connectivity index (χ4v) is 1.61. The number of nitriles is 1. The van der Waals surface area contributed by atoms with Crippen molar-refractivity contribution < 1.29 is 9.47 Å². The summed E-state index contributed by atoms with van der Waals surface area (Å²) in [6.07, 6.45) is 0. The monoisotopic (exact) mass is 211 g/mol. The number of benzene rings is 1. The molecule has 0 fully saturated rings. The number of nitrogens with zero attached hydrogens (tertiary/aromatic N) is 1. The van der Waals surface area contributed by atoms with Gasteiger partial charge in [-0.05, 0) is 18.6 Å². The van der Waals surface area contributed by atoms with Crippen molar-refractivity contribution in [3.8, 4) is 17.6 Å². The lowest BCUT2D eigenvalue weighted by Gasteiger charge is -2.11. The second-order valence-corrected chi connectivity index (χ2v) is 3.11. The highest BCUT2D eigenvalue weighted by Gasteiger charge is 2.15. The molecule has 0 saturated heterocycles. The van der Waals surface area contributed by atoms with E-state index in [9.17, 15) is 0 Å². The van der Waals surface area contributed by atoms with E-state index in [1.54, 1.807) is 6.07 Å². The number of hydrogen-bond acceptors (Lipinski definition) is 3. The van der Waals surface area contributed by atoms with Gasteiger partial charge in [0.25, 0.3) is 0 Å². The first-order chi connectivity index (χ1) is 6.65.